The molecule has 1 saturated carbocycles. The Kier molecular flexibility index (Phi) is 3.89. The van der Waals surface area contributed by atoms with E-state index in [9.17, 15) is 19.5 Å². The summed E-state index contributed by atoms with van der Waals surface area (Å²) >= 11 is 6.08. The van der Waals surface area contributed by atoms with Gasteiger partial charge in [-0.05, 0) is 37.5 Å². The molecular weight excluding hydrogens is 322 g/mol. The number of nitrogens with one attached hydrogen (secondary N) is 2. The van der Waals surface area contributed by atoms with Crippen molar-refractivity contribution in [2.45, 2.75) is 24.8 Å². The molecule has 2 aliphatic rings. The van der Waals surface area contributed by atoms with Crippen LogP contribution < -0.4 is 15.5 Å². The zero-order valence-electron chi connectivity index (χ0n) is 12.3. The van der Waals surface area contributed by atoms with Crippen molar-refractivity contribution in [1.82, 2.24) is 10.6 Å². The molecule has 23 heavy (non-hydrogen) atoms. The van der Waals surface area contributed by atoms with Crippen molar-refractivity contribution in [1.29, 1.82) is 0 Å². The zero-order valence-corrected chi connectivity index (χ0v) is 13.0. The molecule has 1 aliphatic carbocycles. The number of carbonyl (C=O) groups excluding carboxylic acids is 2. The Hall–Kier alpha value is -2.28. The average Bonchev–Trinajstić information content (AvgIpc) is 2.89. The van der Waals surface area contributed by atoms with E-state index in [4.69, 9.17) is 11.6 Å². The molecule has 1 heterocycles. The molecule has 122 valence electrons. The van der Waals surface area contributed by atoms with Gasteiger partial charge in [0, 0.05) is 18.8 Å². The molecule has 1 aromatic carbocycles. The molecule has 3 amide bonds. The standard InChI is InChI=1S/C15H16ClN3O4/c16-11-3-2-9(19-7-6-17-14(19)23)8-10(11)12(20)18-15(13(21)22)4-1-5-15/h2-3,8H,1,4-7H2,(H,17,23)(H,18,20)(H,21,22). The smallest absolute Gasteiger partial charge is 0.329 e. The SMILES string of the molecule is O=C(NC1(C(=O)O)CCC1)c1cc(N2CCNC2=O)ccc1Cl. The molecule has 8 heteroatoms. The third kappa shape index (κ3) is 2.72. The molecule has 1 saturated heterocycles. The van der Waals surface area contributed by atoms with Crippen LogP contribution >= 0.6 is 11.6 Å². The number of amides is 3. The topological polar surface area (TPSA) is 98.7 Å². The summed E-state index contributed by atoms with van der Waals surface area (Å²) in [6.45, 7) is 1.03. The molecule has 7 nitrogen and oxygen atoms in total. The summed E-state index contributed by atoms with van der Waals surface area (Å²) in [7, 11) is 0. The van der Waals surface area contributed by atoms with E-state index >= 15 is 0 Å². The van der Waals surface area contributed by atoms with Gasteiger partial charge in [0.2, 0.25) is 0 Å². The van der Waals surface area contributed by atoms with Crippen LogP contribution in [0.1, 0.15) is 29.6 Å². The minimum Gasteiger partial charge on any atom is -0.480 e. The quantitative estimate of drug-likeness (QED) is 0.777. The molecule has 0 radical (unpaired) electrons. The molecule has 1 aliphatic heterocycles. The number of benzene rings is 1. The van der Waals surface area contributed by atoms with Gasteiger partial charge < -0.3 is 15.7 Å². The van der Waals surface area contributed by atoms with Crippen molar-refractivity contribution < 1.29 is 19.5 Å². The predicted octanol–water partition coefficient (Wildman–Crippen LogP) is 1.61. The van der Waals surface area contributed by atoms with Gasteiger partial charge in [-0.25, -0.2) is 9.59 Å². The van der Waals surface area contributed by atoms with Crippen molar-refractivity contribution in [2.24, 2.45) is 0 Å². The number of urea groups is 1. The van der Waals surface area contributed by atoms with E-state index in [1.54, 1.807) is 6.07 Å². The number of anilines is 1. The molecule has 3 N–H and O–H groups in total. The van der Waals surface area contributed by atoms with Crippen LogP contribution in [0, 0.1) is 0 Å². The Balaban J connectivity index is 1.85. The number of hydrogen-bond donors (Lipinski definition) is 3. The summed E-state index contributed by atoms with van der Waals surface area (Å²) in [6.07, 6.45) is 1.56. The number of rotatable bonds is 4. The van der Waals surface area contributed by atoms with E-state index in [0.29, 0.717) is 31.6 Å². The van der Waals surface area contributed by atoms with E-state index in [1.807, 2.05) is 0 Å². The first-order chi connectivity index (χ1) is 10.9. The van der Waals surface area contributed by atoms with Gasteiger partial charge in [0.1, 0.15) is 5.54 Å². The van der Waals surface area contributed by atoms with E-state index in [-0.39, 0.29) is 16.6 Å². The Morgan fingerprint density at radius 2 is 2.09 bits per heavy atom. The van der Waals surface area contributed by atoms with E-state index < -0.39 is 17.4 Å². The minimum atomic E-state index is -1.21. The van der Waals surface area contributed by atoms with Crippen molar-refractivity contribution in [2.75, 3.05) is 18.0 Å². The van der Waals surface area contributed by atoms with Crippen LogP contribution in [0.3, 0.4) is 0 Å². The Morgan fingerprint density at radius 3 is 2.61 bits per heavy atom. The first kappa shape index (κ1) is 15.6. The fraction of sp³-hybridized carbons (Fsp3) is 0.400. The Labute approximate surface area is 137 Å². The second kappa shape index (κ2) is 5.73. The Bertz CT molecular complexity index is 687. The van der Waals surface area contributed by atoms with Crippen LogP contribution in [-0.4, -0.2) is 41.6 Å². The van der Waals surface area contributed by atoms with E-state index in [1.165, 1.54) is 17.0 Å². The van der Waals surface area contributed by atoms with Crippen LogP contribution in [0.2, 0.25) is 5.02 Å². The van der Waals surface area contributed by atoms with E-state index in [0.717, 1.165) is 6.42 Å². The van der Waals surface area contributed by atoms with Crippen LogP contribution in [0.25, 0.3) is 0 Å². The second-order valence-electron chi connectivity index (χ2n) is 5.74. The van der Waals surface area contributed by atoms with Crippen LogP contribution in [0.5, 0.6) is 0 Å². The number of halogens is 1. The predicted molar refractivity (Wildman–Crippen MR) is 83.9 cm³/mol. The first-order valence-electron chi connectivity index (χ1n) is 7.34. The molecular formula is C15H16ClN3O4. The van der Waals surface area contributed by atoms with Gasteiger partial charge in [-0.3, -0.25) is 9.69 Å². The largest absolute Gasteiger partial charge is 0.480 e. The number of aliphatic carboxylic acids is 1. The summed E-state index contributed by atoms with van der Waals surface area (Å²) in [6, 6.07) is 4.46. The van der Waals surface area contributed by atoms with Gasteiger partial charge in [-0.1, -0.05) is 11.6 Å². The minimum absolute atomic E-state index is 0.163. The van der Waals surface area contributed by atoms with Crippen molar-refractivity contribution in [3.8, 4) is 0 Å². The average molecular weight is 338 g/mol. The molecule has 0 bridgehead atoms. The number of carbonyl (C=O) groups is 3. The van der Waals surface area contributed by atoms with Crippen molar-refractivity contribution >= 4 is 35.2 Å². The monoisotopic (exact) mass is 337 g/mol. The molecule has 0 spiro atoms. The molecule has 3 rings (SSSR count). The number of hydrogen-bond acceptors (Lipinski definition) is 3. The lowest BCUT2D eigenvalue weighted by Gasteiger charge is -2.38. The second-order valence-corrected chi connectivity index (χ2v) is 6.15. The van der Waals surface area contributed by atoms with Gasteiger partial charge in [-0.15, -0.1) is 0 Å². The van der Waals surface area contributed by atoms with Crippen LogP contribution in [0.4, 0.5) is 10.5 Å². The highest BCUT2D eigenvalue weighted by molar-refractivity contribution is 6.34. The molecule has 0 atom stereocenters. The maximum atomic E-state index is 12.4. The third-order valence-corrected chi connectivity index (χ3v) is 4.66. The summed E-state index contributed by atoms with van der Waals surface area (Å²) in [5.41, 5.74) is -0.495. The number of carboxylic acids is 1. The lowest BCUT2D eigenvalue weighted by atomic mass is 9.76. The number of nitrogens with zero attached hydrogens (tertiary/aromatic N) is 1. The maximum Gasteiger partial charge on any atom is 0.329 e. The van der Waals surface area contributed by atoms with E-state index in [2.05, 4.69) is 10.6 Å². The lowest BCUT2D eigenvalue weighted by molar-refractivity contribution is -0.148. The normalized spacial score (nSPS) is 19.0. The van der Waals surface area contributed by atoms with Crippen molar-refractivity contribution in [3.63, 3.8) is 0 Å². The first-order valence-corrected chi connectivity index (χ1v) is 7.72. The van der Waals surface area contributed by atoms with Crippen molar-refractivity contribution in [3.05, 3.63) is 28.8 Å². The highest BCUT2D eigenvalue weighted by Crippen LogP contribution is 2.33. The molecule has 2 fully saturated rings. The van der Waals surface area contributed by atoms with Gasteiger partial charge in [0.15, 0.2) is 0 Å². The van der Waals surface area contributed by atoms with Gasteiger partial charge in [0.25, 0.3) is 5.91 Å². The highest BCUT2D eigenvalue weighted by Gasteiger charge is 2.46. The highest BCUT2D eigenvalue weighted by atomic mass is 35.5. The van der Waals surface area contributed by atoms with Crippen LogP contribution in [-0.2, 0) is 4.79 Å². The Morgan fingerprint density at radius 1 is 1.35 bits per heavy atom. The maximum absolute atomic E-state index is 12.4. The zero-order chi connectivity index (χ0) is 16.6. The van der Waals surface area contributed by atoms with Gasteiger partial charge in [0.05, 0.1) is 10.6 Å². The number of carboxylic acid groups (broad SMARTS) is 1. The summed E-state index contributed by atoms with van der Waals surface area (Å²) < 4.78 is 0. The fourth-order valence-corrected chi connectivity index (χ4v) is 2.98. The van der Waals surface area contributed by atoms with Gasteiger partial charge in [-0.2, -0.15) is 0 Å². The molecule has 0 aromatic heterocycles. The van der Waals surface area contributed by atoms with Crippen LogP contribution in [0.15, 0.2) is 18.2 Å². The summed E-state index contributed by atoms with van der Waals surface area (Å²) in [5, 5.41) is 14.8. The lowest BCUT2D eigenvalue weighted by Crippen LogP contribution is -2.59. The molecule has 1 aromatic rings. The third-order valence-electron chi connectivity index (χ3n) is 4.33. The summed E-state index contributed by atoms with van der Waals surface area (Å²) in [5.74, 6) is -1.58. The summed E-state index contributed by atoms with van der Waals surface area (Å²) in [4.78, 5) is 37.0. The molecule has 0 unspecified atom stereocenters. The fourth-order valence-electron chi connectivity index (χ4n) is 2.78. The van der Waals surface area contributed by atoms with Gasteiger partial charge >= 0.3 is 12.0 Å².